The van der Waals surface area contributed by atoms with Crippen molar-refractivity contribution in [3.8, 4) is 0 Å². The first-order chi connectivity index (χ1) is 11.9. The molecule has 0 spiro atoms. The van der Waals surface area contributed by atoms with Gasteiger partial charge in [-0.25, -0.2) is 9.18 Å². The predicted octanol–water partition coefficient (Wildman–Crippen LogP) is 3.42. The zero-order chi connectivity index (χ0) is 18.1. The molecule has 3 rings (SSSR count). The maximum Gasteiger partial charge on any atom is 0.354 e. The number of nitrogens with zero attached hydrogens (tertiary/aromatic N) is 1. The van der Waals surface area contributed by atoms with E-state index in [1.165, 1.54) is 23.8 Å². The molecule has 0 bridgehead atoms. The maximum absolute atomic E-state index is 13.6. The number of benzene rings is 1. The fourth-order valence-corrected chi connectivity index (χ4v) is 2.62. The third-order valence-electron chi connectivity index (χ3n) is 3.86. The number of rotatable bonds is 4. The molecule has 2 aromatic heterocycles. The molecule has 0 unspecified atom stereocenters. The van der Waals surface area contributed by atoms with Gasteiger partial charge in [-0.2, -0.15) is 0 Å². The van der Waals surface area contributed by atoms with E-state index in [0.29, 0.717) is 28.1 Å². The number of ether oxygens (including phenoxy) is 1. The van der Waals surface area contributed by atoms with Crippen molar-refractivity contribution in [1.29, 1.82) is 0 Å². The molecular weight excluding hydrogens is 327 g/mol. The second-order valence-electron chi connectivity index (χ2n) is 5.73. The molecule has 1 amide bonds. The first kappa shape index (κ1) is 16.8. The van der Waals surface area contributed by atoms with Crippen LogP contribution in [0.25, 0.3) is 11.1 Å². The van der Waals surface area contributed by atoms with Crippen LogP contribution < -0.4 is 5.32 Å². The van der Waals surface area contributed by atoms with Crippen LogP contribution in [0.2, 0.25) is 0 Å². The summed E-state index contributed by atoms with van der Waals surface area (Å²) in [6.45, 7) is 3.28. The second-order valence-corrected chi connectivity index (χ2v) is 5.73. The van der Waals surface area contributed by atoms with E-state index in [1.54, 1.807) is 32.0 Å². The number of methoxy groups -OCH3 is 1. The Bertz CT molecular complexity index is 971. The van der Waals surface area contributed by atoms with Gasteiger partial charge in [-0.3, -0.25) is 4.79 Å². The molecular formula is C18H17FN2O4. The summed E-state index contributed by atoms with van der Waals surface area (Å²) in [4.78, 5) is 24.3. The third kappa shape index (κ3) is 3.26. The topological polar surface area (TPSA) is 73.5 Å². The summed E-state index contributed by atoms with van der Waals surface area (Å²) in [6.07, 6.45) is 0. The molecule has 0 fully saturated rings. The number of anilines is 1. The average Bonchev–Trinajstić information content (AvgIpc) is 3.07. The Morgan fingerprint density at radius 3 is 2.68 bits per heavy atom. The van der Waals surface area contributed by atoms with Gasteiger partial charge in [0.2, 0.25) is 5.91 Å². The Labute approximate surface area is 143 Å². The van der Waals surface area contributed by atoms with Crippen LogP contribution in [0.5, 0.6) is 0 Å². The Morgan fingerprint density at radius 1 is 1.24 bits per heavy atom. The summed E-state index contributed by atoms with van der Waals surface area (Å²) in [7, 11) is 1.27. The highest BCUT2D eigenvalue weighted by Gasteiger charge is 2.20. The lowest BCUT2D eigenvalue weighted by Gasteiger charge is -2.10. The van der Waals surface area contributed by atoms with Gasteiger partial charge in [-0.1, -0.05) is 6.07 Å². The number of amides is 1. The minimum Gasteiger partial charge on any atom is -0.464 e. The van der Waals surface area contributed by atoms with Crippen LogP contribution in [-0.4, -0.2) is 23.6 Å². The highest BCUT2D eigenvalue weighted by molar-refractivity contribution is 5.97. The van der Waals surface area contributed by atoms with Crippen LogP contribution >= 0.6 is 0 Å². The van der Waals surface area contributed by atoms with Gasteiger partial charge in [0, 0.05) is 17.8 Å². The molecule has 25 heavy (non-hydrogen) atoms. The molecule has 0 atom stereocenters. The van der Waals surface area contributed by atoms with Crippen molar-refractivity contribution in [2.75, 3.05) is 12.4 Å². The van der Waals surface area contributed by atoms with Gasteiger partial charge in [0.25, 0.3) is 0 Å². The van der Waals surface area contributed by atoms with E-state index >= 15 is 0 Å². The number of hydrogen-bond acceptors (Lipinski definition) is 4. The van der Waals surface area contributed by atoms with Gasteiger partial charge in [0.15, 0.2) is 5.58 Å². The lowest BCUT2D eigenvalue weighted by Crippen LogP contribution is -2.21. The van der Waals surface area contributed by atoms with E-state index in [1.807, 2.05) is 0 Å². The highest BCUT2D eigenvalue weighted by Crippen LogP contribution is 2.24. The van der Waals surface area contributed by atoms with Gasteiger partial charge in [-0.05, 0) is 31.5 Å². The van der Waals surface area contributed by atoms with Crippen LogP contribution in [-0.2, 0) is 16.1 Å². The summed E-state index contributed by atoms with van der Waals surface area (Å²) >= 11 is 0. The van der Waals surface area contributed by atoms with Crippen LogP contribution in [0.1, 0.15) is 21.8 Å². The first-order valence-corrected chi connectivity index (χ1v) is 7.63. The van der Waals surface area contributed by atoms with Crippen molar-refractivity contribution in [1.82, 2.24) is 4.57 Å². The van der Waals surface area contributed by atoms with Crippen LogP contribution in [0, 0.1) is 19.7 Å². The number of carbonyl (C=O) groups excluding carboxylic acids is 2. The van der Waals surface area contributed by atoms with E-state index in [9.17, 15) is 14.0 Å². The smallest absolute Gasteiger partial charge is 0.354 e. The molecule has 0 aliphatic carbocycles. The zero-order valence-electron chi connectivity index (χ0n) is 14.1. The minimum atomic E-state index is -0.571. The minimum absolute atomic E-state index is 0.137. The molecule has 0 saturated carbocycles. The number of hydrogen-bond donors (Lipinski definition) is 1. The quantitative estimate of drug-likeness (QED) is 0.736. The van der Waals surface area contributed by atoms with Crippen molar-refractivity contribution < 1.29 is 23.1 Å². The van der Waals surface area contributed by atoms with E-state index in [4.69, 9.17) is 9.15 Å². The van der Waals surface area contributed by atoms with Gasteiger partial charge < -0.3 is 19.0 Å². The molecule has 7 heteroatoms. The molecule has 0 aliphatic rings. The summed E-state index contributed by atoms with van der Waals surface area (Å²) in [6, 6.07) is 7.72. The highest BCUT2D eigenvalue weighted by atomic mass is 19.1. The summed E-state index contributed by atoms with van der Waals surface area (Å²) in [5, 5.41) is 2.62. The molecule has 6 nitrogen and oxygen atoms in total. The molecule has 0 aliphatic heterocycles. The van der Waals surface area contributed by atoms with E-state index in [-0.39, 0.29) is 12.2 Å². The Balaban J connectivity index is 1.89. The lowest BCUT2D eigenvalue weighted by atomic mass is 10.2. The number of carbonyl (C=O) groups is 2. The number of fused-ring (bicyclic) bond motifs is 1. The van der Waals surface area contributed by atoms with Crippen molar-refractivity contribution in [3.05, 3.63) is 53.2 Å². The van der Waals surface area contributed by atoms with Crippen LogP contribution in [0.4, 0.5) is 10.1 Å². The van der Waals surface area contributed by atoms with Crippen molar-refractivity contribution in [3.63, 3.8) is 0 Å². The normalized spacial score (nSPS) is 10.9. The van der Waals surface area contributed by atoms with Crippen molar-refractivity contribution in [2.45, 2.75) is 20.4 Å². The van der Waals surface area contributed by atoms with Gasteiger partial charge in [0.05, 0.1) is 12.6 Å². The Kier molecular flexibility index (Phi) is 4.31. The fourth-order valence-electron chi connectivity index (χ4n) is 2.62. The average molecular weight is 344 g/mol. The van der Waals surface area contributed by atoms with Crippen molar-refractivity contribution >= 4 is 28.7 Å². The fraction of sp³-hybridized carbons (Fsp3) is 0.222. The number of halogens is 1. The predicted molar refractivity (Wildman–Crippen MR) is 90.0 cm³/mol. The lowest BCUT2D eigenvalue weighted by molar-refractivity contribution is -0.116. The van der Waals surface area contributed by atoms with Crippen LogP contribution in [0.3, 0.4) is 0 Å². The summed E-state index contributed by atoms with van der Waals surface area (Å²) in [5.74, 6) is -0.707. The van der Waals surface area contributed by atoms with Gasteiger partial charge in [0.1, 0.15) is 23.8 Å². The second kappa shape index (κ2) is 6.43. The van der Waals surface area contributed by atoms with E-state index < -0.39 is 17.7 Å². The van der Waals surface area contributed by atoms with Crippen LogP contribution in [0.15, 0.2) is 34.7 Å². The third-order valence-corrected chi connectivity index (χ3v) is 3.86. The number of nitrogens with one attached hydrogen (secondary N) is 1. The largest absolute Gasteiger partial charge is 0.464 e. The summed E-state index contributed by atoms with van der Waals surface area (Å²) in [5.41, 5.74) is 2.16. The Hall–Kier alpha value is -3.09. The molecule has 3 aromatic rings. The number of furan rings is 1. The Morgan fingerprint density at radius 2 is 2.00 bits per heavy atom. The van der Waals surface area contributed by atoms with Gasteiger partial charge in [-0.15, -0.1) is 0 Å². The molecule has 1 aromatic carbocycles. The number of esters is 1. The molecule has 130 valence electrons. The molecule has 1 N–H and O–H groups in total. The zero-order valence-corrected chi connectivity index (χ0v) is 14.1. The van der Waals surface area contributed by atoms with E-state index in [0.717, 1.165) is 0 Å². The monoisotopic (exact) mass is 344 g/mol. The van der Waals surface area contributed by atoms with Crippen molar-refractivity contribution in [2.24, 2.45) is 0 Å². The summed E-state index contributed by atoms with van der Waals surface area (Å²) < 4.78 is 25.4. The number of aromatic nitrogens is 1. The molecule has 0 saturated heterocycles. The molecule has 0 radical (unpaired) electrons. The first-order valence-electron chi connectivity index (χ1n) is 7.63. The SMILES string of the molecule is COC(=O)c1cc2oc(C)cc2n1CC(=O)Nc1ccc(C)c(F)c1. The van der Waals surface area contributed by atoms with Gasteiger partial charge >= 0.3 is 5.97 Å². The number of aryl methyl sites for hydroxylation is 2. The molecule has 2 heterocycles. The van der Waals surface area contributed by atoms with E-state index in [2.05, 4.69) is 5.32 Å². The maximum atomic E-state index is 13.6. The standard InChI is InChI=1S/C18H17FN2O4/c1-10-4-5-12(7-13(10)19)20-17(22)9-21-14-6-11(2)25-16(14)8-15(21)18(23)24-3/h4-8H,9H2,1-3H3,(H,20,22).